The standard InChI is InChI=1S/C21H25FN2O2/c1-15-2-11-20(26-15)13-24(19-9-10-19)21(25)14-23(18-7-8-18)12-16-3-5-17(22)6-4-16/h2-6,11,18-19H,7-10,12-14H2,1H3. The molecular formula is C21H25FN2O2. The summed E-state index contributed by atoms with van der Waals surface area (Å²) < 4.78 is 18.8. The van der Waals surface area contributed by atoms with Crippen molar-refractivity contribution in [1.82, 2.24) is 9.80 Å². The maximum atomic E-state index is 13.1. The maximum absolute atomic E-state index is 13.1. The molecule has 2 aliphatic carbocycles. The Hall–Kier alpha value is -2.14. The first kappa shape index (κ1) is 17.3. The quantitative estimate of drug-likeness (QED) is 0.720. The predicted molar refractivity (Wildman–Crippen MR) is 96.8 cm³/mol. The Morgan fingerprint density at radius 3 is 2.31 bits per heavy atom. The van der Waals surface area contributed by atoms with Gasteiger partial charge in [0.15, 0.2) is 0 Å². The first-order chi connectivity index (χ1) is 12.6. The second-order valence-electron chi connectivity index (χ2n) is 7.53. The normalized spacial score (nSPS) is 16.9. The largest absolute Gasteiger partial charge is 0.464 e. The Balaban J connectivity index is 1.42. The van der Waals surface area contributed by atoms with E-state index in [9.17, 15) is 9.18 Å². The Labute approximate surface area is 153 Å². The predicted octanol–water partition coefficient (Wildman–Crippen LogP) is 3.88. The molecule has 0 atom stereocenters. The van der Waals surface area contributed by atoms with Gasteiger partial charge in [-0.1, -0.05) is 12.1 Å². The number of carbonyl (C=O) groups is 1. The number of hydrogen-bond acceptors (Lipinski definition) is 3. The third-order valence-corrected chi connectivity index (χ3v) is 5.13. The molecule has 2 fully saturated rings. The summed E-state index contributed by atoms with van der Waals surface area (Å²) in [5.41, 5.74) is 1.05. The molecule has 2 saturated carbocycles. The summed E-state index contributed by atoms with van der Waals surface area (Å²) in [6.45, 7) is 3.57. The van der Waals surface area contributed by atoms with Crippen molar-refractivity contribution < 1.29 is 13.6 Å². The Morgan fingerprint density at radius 2 is 1.73 bits per heavy atom. The molecule has 0 bridgehead atoms. The molecule has 2 aromatic rings. The molecule has 0 spiro atoms. The van der Waals surface area contributed by atoms with Gasteiger partial charge < -0.3 is 9.32 Å². The Bertz CT molecular complexity index is 763. The van der Waals surface area contributed by atoms with Crippen LogP contribution in [0, 0.1) is 12.7 Å². The minimum absolute atomic E-state index is 0.163. The van der Waals surface area contributed by atoms with Gasteiger partial charge in [-0.15, -0.1) is 0 Å². The van der Waals surface area contributed by atoms with Gasteiger partial charge in [0.05, 0.1) is 13.1 Å². The van der Waals surface area contributed by atoms with Crippen molar-refractivity contribution >= 4 is 5.91 Å². The van der Waals surface area contributed by atoms with Crippen molar-refractivity contribution in [1.29, 1.82) is 0 Å². The topological polar surface area (TPSA) is 36.7 Å². The first-order valence-electron chi connectivity index (χ1n) is 9.42. The lowest BCUT2D eigenvalue weighted by Gasteiger charge is -2.27. The molecule has 0 saturated heterocycles. The average molecular weight is 356 g/mol. The lowest BCUT2D eigenvalue weighted by atomic mass is 10.2. The lowest BCUT2D eigenvalue weighted by molar-refractivity contribution is -0.134. The van der Waals surface area contributed by atoms with Crippen LogP contribution in [-0.2, 0) is 17.9 Å². The van der Waals surface area contributed by atoms with Crippen LogP contribution in [-0.4, -0.2) is 34.3 Å². The number of amides is 1. The van der Waals surface area contributed by atoms with Crippen molar-refractivity contribution in [3.05, 3.63) is 59.3 Å². The number of rotatable bonds is 8. The summed E-state index contributed by atoms with van der Waals surface area (Å²) in [7, 11) is 0. The molecule has 1 heterocycles. The average Bonchev–Trinajstić information content (AvgIpc) is 3.52. The van der Waals surface area contributed by atoms with Crippen LogP contribution in [0.5, 0.6) is 0 Å². The van der Waals surface area contributed by atoms with E-state index in [4.69, 9.17) is 4.42 Å². The van der Waals surface area contributed by atoms with Gasteiger partial charge in [-0.3, -0.25) is 9.69 Å². The molecule has 26 heavy (non-hydrogen) atoms. The summed E-state index contributed by atoms with van der Waals surface area (Å²) in [6, 6.07) is 11.3. The van der Waals surface area contributed by atoms with Crippen molar-refractivity contribution in [3.8, 4) is 0 Å². The van der Waals surface area contributed by atoms with Crippen LogP contribution in [0.3, 0.4) is 0 Å². The molecule has 138 valence electrons. The van der Waals surface area contributed by atoms with Gasteiger partial charge in [-0.2, -0.15) is 0 Å². The molecule has 0 radical (unpaired) electrons. The monoisotopic (exact) mass is 356 g/mol. The van der Waals surface area contributed by atoms with E-state index in [1.807, 2.05) is 24.0 Å². The number of aryl methyl sites for hydroxylation is 1. The summed E-state index contributed by atoms with van der Waals surface area (Å²) in [6.07, 6.45) is 4.42. The van der Waals surface area contributed by atoms with Gasteiger partial charge in [-0.05, 0) is 62.4 Å². The van der Waals surface area contributed by atoms with Gasteiger partial charge in [-0.25, -0.2) is 4.39 Å². The van der Waals surface area contributed by atoms with E-state index < -0.39 is 0 Å². The van der Waals surface area contributed by atoms with E-state index in [0.29, 0.717) is 31.7 Å². The summed E-state index contributed by atoms with van der Waals surface area (Å²) >= 11 is 0. The summed E-state index contributed by atoms with van der Waals surface area (Å²) in [4.78, 5) is 17.2. The number of carbonyl (C=O) groups excluding carboxylic acids is 1. The number of hydrogen-bond donors (Lipinski definition) is 0. The third-order valence-electron chi connectivity index (χ3n) is 5.13. The van der Waals surface area contributed by atoms with E-state index in [-0.39, 0.29) is 11.7 Å². The first-order valence-corrected chi connectivity index (χ1v) is 9.42. The lowest BCUT2D eigenvalue weighted by Crippen LogP contribution is -2.41. The SMILES string of the molecule is Cc1ccc(CN(C(=O)CN(Cc2ccc(F)cc2)C2CC2)C2CC2)o1. The van der Waals surface area contributed by atoms with Gasteiger partial charge >= 0.3 is 0 Å². The van der Waals surface area contributed by atoms with Crippen molar-refractivity contribution in [2.75, 3.05) is 6.54 Å². The zero-order valence-corrected chi connectivity index (χ0v) is 15.2. The van der Waals surface area contributed by atoms with Crippen LogP contribution >= 0.6 is 0 Å². The Morgan fingerprint density at radius 1 is 1.04 bits per heavy atom. The second-order valence-corrected chi connectivity index (χ2v) is 7.53. The third kappa shape index (κ3) is 4.33. The highest BCUT2D eigenvalue weighted by atomic mass is 19.1. The fourth-order valence-electron chi connectivity index (χ4n) is 3.39. The van der Waals surface area contributed by atoms with Gasteiger partial charge in [0, 0.05) is 18.6 Å². The highest BCUT2D eigenvalue weighted by Crippen LogP contribution is 2.31. The second kappa shape index (κ2) is 7.23. The zero-order valence-electron chi connectivity index (χ0n) is 15.2. The molecule has 0 N–H and O–H groups in total. The summed E-state index contributed by atoms with van der Waals surface area (Å²) in [5, 5.41) is 0. The number of benzene rings is 1. The molecule has 5 heteroatoms. The number of nitrogens with zero attached hydrogens (tertiary/aromatic N) is 2. The van der Waals surface area contributed by atoms with Gasteiger partial charge in [0.1, 0.15) is 17.3 Å². The van der Waals surface area contributed by atoms with E-state index in [1.54, 1.807) is 12.1 Å². The molecule has 2 aliphatic rings. The molecular weight excluding hydrogens is 331 g/mol. The van der Waals surface area contributed by atoms with Crippen LogP contribution in [0.1, 0.15) is 42.8 Å². The molecule has 1 aromatic carbocycles. The fourth-order valence-corrected chi connectivity index (χ4v) is 3.39. The molecule has 1 aromatic heterocycles. The Kier molecular flexibility index (Phi) is 4.81. The van der Waals surface area contributed by atoms with E-state index in [1.165, 1.54) is 12.1 Å². The molecule has 4 nitrogen and oxygen atoms in total. The van der Waals surface area contributed by atoms with Crippen LogP contribution < -0.4 is 0 Å². The zero-order chi connectivity index (χ0) is 18.1. The van der Waals surface area contributed by atoms with Crippen molar-refractivity contribution in [2.45, 2.75) is 57.8 Å². The number of furan rings is 1. The van der Waals surface area contributed by atoms with Crippen molar-refractivity contribution in [3.63, 3.8) is 0 Å². The molecule has 0 aliphatic heterocycles. The van der Waals surface area contributed by atoms with Crippen LogP contribution in [0.25, 0.3) is 0 Å². The fraction of sp³-hybridized carbons (Fsp3) is 0.476. The van der Waals surface area contributed by atoms with E-state index in [2.05, 4.69) is 4.90 Å². The smallest absolute Gasteiger partial charge is 0.237 e. The summed E-state index contributed by atoms with van der Waals surface area (Å²) in [5.74, 6) is 1.66. The number of halogens is 1. The van der Waals surface area contributed by atoms with Crippen LogP contribution in [0.2, 0.25) is 0 Å². The van der Waals surface area contributed by atoms with E-state index >= 15 is 0 Å². The minimum Gasteiger partial charge on any atom is -0.464 e. The highest BCUT2D eigenvalue weighted by molar-refractivity contribution is 5.79. The highest BCUT2D eigenvalue weighted by Gasteiger charge is 2.36. The molecule has 0 unspecified atom stereocenters. The maximum Gasteiger partial charge on any atom is 0.237 e. The van der Waals surface area contributed by atoms with Gasteiger partial charge in [0.2, 0.25) is 5.91 Å². The van der Waals surface area contributed by atoms with Gasteiger partial charge in [0.25, 0.3) is 0 Å². The van der Waals surface area contributed by atoms with E-state index in [0.717, 1.165) is 42.8 Å². The van der Waals surface area contributed by atoms with Crippen LogP contribution in [0.15, 0.2) is 40.8 Å². The van der Waals surface area contributed by atoms with Crippen molar-refractivity contribution in [2.24, 2.45) is 0 Å². The molecule has 1 amide bonds. The minimum atomic E-state index is -0.226. The molecule has 4 rings (SSSR count). The van der Waals surface area contributed by atoms with Crippen LogP contribution in [0.4, 0.5) is 4.39 Å².